The number of hydrogen-bond acceptors (Lipinski definition) is 2. The molecule has 0 atom stereocenters. The van der Waals surface area contributed by atoms with Gasteiger partial charge in [-0.15, -0.1) is 11.6 Å². The lowest BCUT2D eigenvalue weighted by Crippen LogP contribution is -1.89. The predicted octanol–water partition coefficient (Wildman–Crippen LogP) is 2.84. The number of alkyl halides is 1. The number of nitrogens with one attached hydrogen (secondary N) is 1. The molecular weight excluding hydrogens is 218 g/mol. The Morgan fingerprint density at radius 2 is 2.36 bits per heavy atom. The van der Waals surface area contributed by atoms with Gasteiger partial charge in [-0.25, -0.2) is 0 Å². The van der Waals surface area contributed by atoms with Crippen LogP contribution in [0.4, 0.5) is 0 Å². The van der Waals surface area contributed by atoms with E-state index in [0.717, 1.165) is 15.8 Å². The molecule has 0 amide bonds. The summed E-state index contributed by atoms with van der Waals surface area (Å²) in [5, 5.41) is 0. The number of benzene rings is 1. The molecule has 0 saturated heterocycles. The van der Waals surface area contributed by atoms with Gasteiger partial charge < -0.3 is 4.98 Å². The highest BCUT2D eigenvalue weighted by atomic mass is 35.5. The largest absolute Gasteiger partial charge is 0.312 e. The van der Waals surface area contributed by atoms with Crippen LogP contribution in [0.2, 0.25) is 0 Å². The quantitative estimate of drug-likeness (QED) is 0.784. The highest BCUT2D eigenvalue weighted by Crippen LogP contribution is 2.16. The van der Waals surface area contributed by atoms with Gasteiger partial charge >= 0.3 is 4.87 Å². The normalized spacial score (nSPS) is 11.5. The van der Waals surface area contributed by atoms with E-state index in [2.05, 4.69) is 4.98 Å². The Kier molecular flexibility index (Phi) is 2.70. The molecule has 1 heterocycles. The van der Waals surface area contributed by atoms with Gasteiger partial charge in [-0.1, -0.05) is 29.6 Å². The van der Waals surface area contributed by atoms with E-state index in [0.29, 0.717) is 5.88 Å². The van der Waals surface area contributed by atoms with Gasteiger partial charge in [0, 0.05) is 5.88 Å². The molecule has 0 aliphatic heterocycles. The molecule has 2 nitrogen and oxygen atoms in total. The third-order valence-electron chi connectivity index (χ3n) is 1.84. The van der Waals surface area contributed by atoms with Gasteiger partial charge in [0.05, 0.1) is 10.2 Å². The van der Waals surface area contributed by atoms with Gasteiger partial charge in [-0.2, -0.15) is 0 Å². The molecule has 4 heteroatoms. The third-order valence-corrected chi connectivity index (χ3v) is 2.87. The molecule has 0 bridgehead atoms. The zero-order valence-electron chi connectivity index (χ0n) is 7.29. The van der Waals surface area contributed by atoms with Crippen LogP contribution in [-0.4, -0.2) is 10.9 Å². The van der Waals surface area contributed by atoms with Crippen LogP contribution in [-0.2, 0) is 0 Å². The molecule has 0 saturated carbocycles. The molecule has 0 spiro atoms. The van der Waals surface area contributed by atoms with E-state index in [1.165, 1.54) is 11.3 Å². The van der Waals surface area contributed by atoms with Crippen LogP contribution in [0.3, 0.4) is 0 Å². The lowest BCUT2D eigenvalue weighted by Gasteiger charge is -1.92. The van der Waals surface area contributed by atoms with Gasteiger partial charge in [0.15, 0.2) is 0 Å². The summed E-state index contributed by atoms with van der Waals surface area (Å²) < 4.78 is 0.978. The SMILES string of the molecule is O=c1[nH]c2ccc(C=CCCl)cc2s1. The van der Waals surface area contributed by atoms with Crippen LogP contribution in [0.5, 0.6) is 0 Å². The molecule has 0 aliphatic carbocycles. The number of aromatic nitrogens is 1. The van der Waals surface area contributed by atoms with Crippen molar-refractivity contribution >= 4 is 39.2 Å². The highest BCUT2D eigenvalue weighted by Gasteiger charge is 1.98. The van der Waals surface area contributed by atoms with Crippen molar-refractivity contribution < 1.29 is 0 Å². The van der Waals surface area contributed by atoms with Crippen molar-refractivity contribution in [1.82, 2.24) is 4.98 Å². The minimum Gasteiger partial charge on any atom is -0.312 e. The smallest absolute Gasteiger partial charge is 0.305 e. The molecule has 14 heavy (non-hydrogen) atoms. The van der Waals surface area contributed by atoms with Crippen molar-refractivity contribution in [3.05, 3.63) is 39.5 Å². The Morgan fingerprint density at radius 1 is 1.50 bits per heavy atom. The minimum absolute atomic E-state index is 0.0153. The Bertz CT molecular complexity index is 526. The maximum Gasteiger partial charge on any atom is 0.305 e. The van der Waals surface area contributed by atoms with Crippen LogP contribution in [0.15, 0.2) is 29.1 Å². The number of allylic oxidation sites excluding steroid dienone is 1. The van der Waals surface area contributed by atoms with Crippen LogP contribution >= 0.6 is 22.9 Å². The number of hydrogen-bond donors (Lipinski definition) is 1. The van der Waals surface area contributed by atoms with E-state index in [9.17, 15) is 4.79 Å². The zero-order chi connectivity index (χ0) is 9.97. The van der Waals surface area contributed by atoms with Gasteiger partial charge in [0.2, 0.25) is 0 Å². The molecular formula is C10H8ClNOS. The first-order chi connectivity index (χ1) is 6.79. The standard InChI is InChI=1S/C10H8ClNOS/c11-5-1-2-7-3-4-8-9(6-7)14-10(13)12-8/h1-4,6H,5H2,(H,12,13). The second kappa shape index (κ2) is 3.98. The molecule has 1 N–H and O–H groups in total. The minimum atomic E-state index is -0.0153. The summed E-state index contributed by atoms with van der Waals surface area (Å²) in [6.07, 6.45) is 3.81. The lowest BCUT2D eigenvalue weighted by atomic mass is 10.2. The maximum absolute atomic E-state index is 11.0. The van der Waals surface area contributed by atoms with Gasteiger partial charge in [-0.05, 0) is 17.7 Å². The summed E-state index contributed by atoms with van der Waals surface area (Å²) >= 11 is 6.76. The average molecular weight is 226 g/mol. The van der Waals surface area contributed by atoms with Crippen molar-refractivity contribution in [2.24, 2.45) is 0 Å². The van der Waals surface area contributed by atoms with Gasteiger partial charge in [0.1, 0.15) is 0 Å². The van der Waals surface area contributed by atoms with Crippen LogP contribution in [0.1, 0.15) is 5.56 Å². The van der Waals surface area contributed by atoms with E-state index in [1.807, 2.05) is 30.4 Å². The van der Waals surface area contributed by atoms with Crippen molar-refractivity contribution in [3.63, 3.8) is 0 Å². The van der Waals surface area contributed by atoms with Crippen molar-refractivity contribution in [1.29, 1.82) is 0 Å². The molecule has 2 rings (SSSR count). The maximum atomic E-state index is 11.0. The van der Waals surface area contributed by atoms with E-state index in [4.69, 9.17) is 11.6 Å². The fourth-order valence-corrected chi connectivity index (χ4v) is 2.12. The summed E-state index contributed by atoms with van der Waals surface area (Å²) in [4.78, 5) is 13.8. The zero-order valence-corrected chi connectivity index (χ0v) is 8.86. The molecule has 2 aromatic rings. The third kappa shape index (κ3) is 1.89. The number of H-pyrrole nitrogens is 1. The van der Waals surface area contributed by atoms with Crippen molar-refractivity contribution in [2.45, 2.75) is 0 Å². The number of aromatic amines is 1. The second-order valence-corrected chi connectivity index (χ2v) is 4.15. The van der Waals surface area contributed by atoms with Gasteiger partial charge in [0.25, 0.3) is 0 Å². The molecule has 1 aromatic heterocycles. The second-order valence-electron chi connectivity index (χ2n) is 2.83. The van der Waals surface area contributed by atoms with E-state index in [1.54, 1.807) is 0 Å². The Balaban J connectivity index is 2.50. The fourth-order valence-electron chi connectivity index (χ4n) is 1.25. The lowest BCUT2D eigenvalue weighted by molar-refractivity contribution is 1.41. The first-order valence-electron chi connectivity index (χ1n) is 4.15. The van der Waals surface area contributed by atoms with Gasteiger partial charge in [-0.3, -0.25) is 4.79 Å². The monoisotopic (exact) mass is 225 g/mol. The number of fused-ring (bicyclic) bond motifs is 1. The van der Waals surface area contributed by atoms with Crippen molar-refractivity contribution in [2.75, 3.05) is 5.88 Å². The van der Waals surface area contributed by atoms with Crippen LogP contribution < -0.4 is 4.87 Å². The van der Waals surface area contributed by atoms with E-state index in [-0.39, 0.29) is 4.87 Å². The number of rotatable bonds is 2. The molecule has 0 fully saturated rings. The molecule has 0 unspecified atom stereocenters. The van der Waals surface area contributed by atoms with E-state index >= 15 is 0 Å². The molecule has 1 aromatic carbocycles. The molecule has 0 radical (unpaired) electrons. The first-order valence-corrected chi connectivity index (χ1v) is 5.50. The molecule has 0 aliphatic rings. The predicted molar refractivity (Wildman–Crippen MR) is 62.2 cm³/mol. The summed E-state index contributed by atoms with van der Waals surface area (Å²) in [6, 6.07) is 5.83. The summed E-state index contributed by atoms with van der Waals surface area (Å²) in [5.41, 5.74) is 1.96. The number of thiazole rings is 1. The van der Waals surface area contributed by atoms with Crippen LogP contribution in [0, 0.1) is 0 Å². The highest BCUT2D eigenvalue weighted by molar-refractivity contribution is 7.16. The van der Waals surface area contributed by atoms with Crippen LogP contribution in [0.25, 0.3) is 16.3 Å². The van der Waals surface area contributed by atoms with E-state index < -0.39 is 0 Å². The topological polar surface area (TPSA) is 32.9 Å². The summed E-state index contributed by atoms with van der Waals surface area (Å²) in [6.45, 7) is 0. The number of halogens is 1. The fraction of sp³-hybridized carbons (Fsp3) is 0.100. The summed E-state index contributed by atoms with van der Waals surface area (Å²) in [5.74, 6) is 0.501. The van der Waals surface area contributed by atoms with Crippen molar-refractivity contribution in [3.8, 4) is 0 Å². The molecule has 72 valence electrons. The summed E-state index contributed by atoms with van der Waals surface area (Å²) in [7, 11) is 0. The Morgan fingerprint density at radius 3 is 3.14 bits per heavy atom. The average Bonchev–Trinajstić information content (AvgIpc) is 2.54. The first kappa shape index (κ1) is 9.49. The Hall–Kier alpha value is -1.06. The Labute approximate surface area is 89.8 Å².